The number of ketones is 1. The maximum atomic E-state index is 12.3. The van der Waals surface area contributed by atoms with E-state index in [1.807, 2.05) is 16.8 Å². The van der Waals surface area contributed by atoms with Gasteiger partial charge in [-0.2, -0.15) is 11.3 Å². The van der Waals surface area contributed by atoms with Gasteiger partial charge in [0.15, 0.2) is 0 Å². The summed E-state index contributed by atoms with van der Waals surface area (Å²) in [5.41, 5.74) is 1.45. The average Bonchev–Trinajstić information content (AvgIpc) is 3.20. The van der Waals surface area contributed by atoms with E-state index >= 15 is 0 Å². The first kappa shape index (κ1) is 14.9. The highest BCUT2D eigenvalue weighted by Gasteiger charge is 2.21. The topological polar surface area (TPSA) is 105 Å². The minimum atomic E-state index is -0.747. The second-order valence-corrected chi connectivity index (χ2v) is 5.61. The lowest BCUT2D eigenvalue weighted by atomic mass is 10.1. The van der Waals surface area contributed by atoms with Gasteiger partial charge in [-0.05, 0) is 28.5 Å². The van der Waals surface area contributed by atoms with Gasteiger partial charge in [0.05, 0.1) is 10.5 Å². The third-order valence-corrected chi connectivity index (χ3v) is 4.09. The summed E-state index contributed by atoms with van der Waals surface area (Å²) < 4.78 is 0. The number of carbonyl (C=O) groups is 2. The van der Waals surface area contributed by atoms with Gasteiger partial charge in [-0.25, -0.2) is 0 Å². The maximum absolute atomic E-state index is 12.3. The summed E-state index contributed by atoms with van der Waals surface area (Å²) in [6, 6.07) is 5.98. The molecule has 0 atom stereocenters. The average molecular weight is 329 g/mol. The highest BCUT2D eigenvalue weighted by atomic mass is 32.1. The SMILES string of the molecule is O=C(NCc1ccsc1)C(=O)c1c[nH]c2ccc([N+](=O)[O-])cc12. The quantitative estimate of drug-likeness (QED) is 0.325. The number of nitrogens with zero attached hydrogens (tertiary/aromatic N) is 1. The predicted molar refractivity (Wildman–Crippen MR) is 85.4 cm³/mol. The van der Waals surface area contributed by atoms with Crippen LogP contribution in [0.5, 0.6) is 0 Å². The van der Waals surface area contributed by atoms with E-state index in [0.717, 1.165) is 5.56 Å². The van der Waals surface area contributed by atoms with Gasteiger partial charge in [0.1, 0.15) is 0 Å². The standard InChI is InChI=1S/C15H11N3O4S/c19-14(15(20)17-6-9-3-4-23-8-9)12-7-16-13-2-1-10(18(21)22)5-11(12)13/h1-5,7-8,16H,6H2,(H,17,20). The van der Waals surface area contributed by atoms with E-state index in [0.29, 0.717) is 10.9 Å². The molecule has 0 unspecified atom stereocenters. The van der Waals surface area contributed by atoms with Gasteiger partial charge in [0.2, 0.25) is 0 Å². The molecule has 2 N–H and O–H groups in total. The lowest BCUT2D eigenvalue weighted by Crippen LogP contribution is -2.30. The van der Waals surface area contributed by atoms with Crippen LogP contribution in [0, 0.1) is 10.1 Å². The van der Waals surface area contributed by atoms with Gasteiger partial charge in [0.25, 0.3) is 17.4 Å². The molecular weight excluding hydrogens is 318 g/mol. The fourth-order valence-electron chi connectivity index (χ4n) is 2.19. The van der Waals surface area contributed by atoms with Crippen molar-refractivity contribution in [2.24, 2.45) is 0 Å². The number of rotatable bonds is 5. The van der Waals surface area contributed by atoms with Gasteiger partial charge in [-0.15, -0.1) is 0 Å². The fourth-order valence-corrected chi connectivity index (χ4v) is 2.86. The molecular formula is C15H11N3O4S. The molecule has 0 aliphatic heterocycles. The zero-order valence-corrected chi connectivity index (χ0v) is 12.6. The van der Waals surface area contributed by atoms with E-state index in [9.17, 15) is 19.7 Å². The second kappa shape index (κ2) is 6.01. The van der Waals surface area contributed by atoms with Crippen LogP contribution in [-0.2, 0) is 11.3 Å². The van der Waals surface area contributed by atoms with E-state index < -0.39 is 16.6 Å². The maximum Gasteiger partial charge on any atom is 0.292 e. The van der Waals surface area contributed by atoms with Crippen LogP contribution in [0.2, 0.25) is 0 Å². The van der Waals surface area contributed by atoms with Crippen LogP contribution in [-0.4, -0.2) is 21.6 Å². The molecule has 0 saturated heterocycles. The molecule has 0 aliphatic rings. The summed E-state index contributed by atoms with van der Waals surface area (Å²) in [7, 11) is 0. The summed E-state index contributed by atoms with van der Waals surface area (Å²) in [5, 5.41) is 17.5. The normalized spacial score (nSPS) is 10.6. The first-order valence-electron chi connectivity index (χ1n) is 6.65. The van der Waals surface area contributed by atoms with Gasteiger partial charge < -0.3 is 10.3 Å². The second-order valence-electron chi connectivity index (χ2n) is 4.83. The van der Waals surface area contributed by atoms with E-state index in [2.05, 4.69) is 10.3 Å². The Labute approximate surface area is 134 Å². The highest BCUT2D eigenvalue weighted by molar-refractivity contribution is 7.07. The number of fused-ring (bicyclic) bond motifs is 1. The van der Waals surface area contributed by atoms with Crippen molar-refractivity contribution >= 4 is 39.6 Å². The Morgan fingerprint density at radius 3 is 2.83 bits per heavy atom. The first-order chi connectivity index (χ1) is 11.1. The molecule has 0 fully saturated rings. The third kappa shape index (κ3) is 2.97. The monoisotopic (exact) mass is 329 g/mol. The summed E-state index contributed by atoms with van der Waals surface area (Å²) >= 11 is 1.50. The zero-order chi connectivity index (χ0) is 16.4. The van der Waals surface area contributed by atoms with Crippen LogP contribution in [0.1, 0.15) is 15.9 Å². The number of nitro groups is 1. The molecule has 1 amide bonds. The van der Waals surface area contributed by atoms with Gasteiger partial charge in [-0.1, -0.05) is 0 Å². The van der Waals surface area contributed by atoms with Crippen molar-refractivity contribution in [3.63, 3.8) is 0 Å². The number of nitro benzene ring substituents is 1. The molecule has 3 rings (SSSR count). The number of amides is 1. The smallest absolute Gasteiger partial charge is 0.292 e. The Morgan fingerprint density at radius 1 is 1.30 bits per heavy atom. The minimum absolute atomic E-state index is 0.117. The summed E-state index contributed by atoms with van der Waals surface area (Å²) in [6.07, 6.45) is 1.39. The number of hydrogen-bond donors (Lipinski definition) is 2. The minimum Gasteiger partial charge on any atom is -0.360 e. The molecule has 1 aromatic carbocycles. The number of carbonyl (C=O) groups excluding carboxylic acids is 2. The lowest BCUT2D eigenvalue weighted by Gasteiger charge is -2.02. The molecule has 3 aromatic rings. The third-order valence-electron chi connectivity index (χ3n) is 3.36. The number of nitrogens with one attached hydrogen (secondary N) is 2. The van der Waals surface area contributed by atoms with Crippen LogP contribution >= 0.6 is 11.3 Å². The van der Waals surface area contributed by atoms with Crippen molar-refractivity contribution in [3.05, 3.63) is 62.5 Å². The number of H-pyrrole nitrogens is 1. The molecule has 0 aliphatic carbocycles. The summed E-state index contributed by atoms with van der Waals surface area (Å²) in [4.78, 5) is 37.4. The molecule has 0 radical (unpaired) electrons. The molecule has 23 heavy (non-hydrogen) atoms. The number of non-ortho nitro benzene ring substituents is 1. The van der Waals surface area contributed by atoms with Crippen molar-refractivity contribution in [2.75, 3.05) is 0 Å². The number of benzene rings is 1. The first-order valence-corrected chi connectivity index (χ1v) is 7.59. The Morgan fingerprint density at radius 2 is 2.13 bits per heavy atom. The molecule has 7 nitrogen and oxygen atoms in total. The van der Waals surface area contributed by atoms with Gasteiger partial charge in [-0.3, -0.25) is 19.7 Å². The van der Waals surface area contributed by atoms with Gasteiger partial charge in [0, 0.05) is 35.8 Å². The van der Waals surface area contributed by atoms with Crippen molar-refractivity contribution in [1.82, 2.24) is 10.3 Å². The highest BCUT2D eigenvalue weighted by Crippen LogP contribution is 2.24. The largest absolute Gasteiger partial charge is 0.360 e. The van der Waals surface area contributed by atoms with E-state index in [1.165, 1.54) is 35.7 Å². The summed E-state index contributed by atoms with van der Waals surface area (Å²) in [5.74, 6) is -1.48. The molecule has 0 saturated carbocycles. The Bertz CT molecular complexity index is 899. The van der Waals surface area contributed by atoms with Crippen LogP contribution in [0.15, 0.2) is 41.2 Å². The van der Waals surface area contributed by atoms with Crippen molar-refractivity contribution in [3.8, 4) is 0 Å². The van der Waals surface area contributed by atoms with Crippen molar-refractivity contribution in [1.29, 1.82) is 0 Å². The number of hydrogen-bond acceptors (Lipinski definition) is 5. The Balaban J connectivity index is 1.83. The molecule has 116 valence electrons. The van der Waals surface area contributed by atoms with E-state index in [-0.39, 0.29) is 17.8 Å². The Hall–Kier alpha value is -3.00. The number of thiophene rings is 1. The predicted octanol–water partition coefficient (Wildman–Crippen LogP) is 2.64. The Kier molecular flexibility index (Phi) is 3.90. The van der Waals surface area contributed by atoms with E-state index in [1.54, 1.807) is 0 Å². The molecule has 0 spiro atoms. The van der Waals surface area contributed by atoms with E-state index in [4.69, 9.17) is 0 Å². The number of aromatic amines is 1. The van der Waals surface area contributed by atoms with Crippen molar-refractivity contribution < 1.29 is 14.5 Å². The summed E-state index contributed by atoms with van der Waals surface area (Å²) in [6.45, 7) is 0.260. The number of aromatic nitrogens is 1. The molecule has 2 heterocycles. The molecule has 2 aromatic heterocycles. The van der Waals surface area contributed by atoms with Gasteiger partial charge >= 0.3 is 0 Å². The van der Waals surface area contributed by atoms with Crippen molar-refractivity contribution in [2.45, 2.75) is 6.54 Å². The lowest BCUT2D eigenvalue weighted by molar-refractivity contribution is -0.384. The van der Waals surface area contributed by atoms with Crippen LogP contribution in [0.3, 0.4) is 0 Å². The molecule has 0 bridgehead atoms. The zero-order valence-electron chi connectivity index (χ0n) is 11.7. The van der Waals surface area contributed by atoms with Crippen LogP contribution in [0.4, 0.5) is 5.69 Å². The van der Waals surface area contributed by atoms with Crippen LogP contribution < -0.4 is 5.32 Å². The molecule has 8 heteroatoms. The fraction of sp³-hybridized carbons (Fsp3) is 0.0667. The van der Waals surface area contributed by atoms with Crippen LogP contribution in [0.25, 0.3) is 10.9 Å². The number of Topliss-reactive ketones (excluding diaryl/α,β-unsaturated/α-hetero) is 1.